The molecule has 13 heavy (non-hydrogen) atoms. The molecule has 0 fully saturated rings. The third-order valence-electron chi connectivity index (χ3n) is 1.99. The smallest absolute Gasteiger partial charge is 0.0924 e. The zero-order valence-corrected chi connectivity index (χ0v) is 7.99. The third kappa shape index (κ3) is 2.61. The number of hydrogen-bond donors (Lipinski definition) is 1. The van der Waals surface area contributed by atoms with Gasteiger partial charge in [0.15, 0.2) is 0 Å². The molecule has 0 unspecified atom stereocenters. The lowest BCUT2D eigenvalue weighted by molar-refractivity contribution is 0.143. The number of aliphatic hydroxyl groups is 1. The normalized spacial score (nSPS) is 14.1. The predicted molar refractivity (Wildman–Crippen MR) is 54.0 cm³/mol. The SMILES string of the molecule is CC#C[C@@H](C)[C@@H](O)c1ccccc1. The summed E-state index contributed by atoms with van der Waals surface area (Å²) < 4.78 is 0. The van der Waals surface area contributed by atoms with E-state index in [0.29, 0.717) is 0 Å². The van der Waals surface area contributed by atoms with Crippen molar-refractivity contribution >= 4 is 0 Å². The monoisotopic (exact) mass is 174 g/mol. The highest BCUT2D eigenvalue weighted by Crippen LogP contribution is 2.20. The second-order valence-corrected chi connectivity index (χ2v) is 3.04. The number of aliphatic hydroxyl groups excluding tert-OH is 1. The van der Waals surface area contributed by atoms with E-state index in [1.807, 2.05) is 37.3 Å². The fraction of sp³-hybridized carbons (Fsp3) is 0.333. The zero-order valence-electron chi connectivity index (χ0n) is 7.99. The molecule has 0 spiro atoms. The van der Waals surface area contributed by atoms with E-state index in [1.165, 1.54) is 0 Å². The lowest BCUT2D eigenvalue weighted by Gasteiger charge is -2.13. The van der Waals surface area contributed by atoms with Crippen molar-refractivity contribution in [2.75, 3.05) is 0 Å². The van der Waals surface area contributed by atoms with Crippen LogP contribution in [-0.4, -0.2) is 5.11 Å². The van der Waals surface area contributed by atoms with Gasteiger partial charge in [0.25, 0.3) is 0 Å². The maximum Gasteiger partial charge on any atom is 0.0924 e. The minimum absolute atomic E-state index is 0.00704. The third-order valence-corrected chi connectivity index (χ3v) is 1.99. The fourth-order valence-electron chi connectivity index (χ4n) is 1.25. The Kier molecular flexibility index (Phi) is 3.54. The molecule has 0 aliphatic carbocycles. The van der Waals surface area contributed by atoms with Crippen molar-refractivity contribution in [2.24, 2.45) is 5.92 Å². The van der Waals surface area contributed by atoms with Crippen molar-refractivity contribution in [3.63, 3.8) is 0 Å². The summed E-state index contributed by atoms with van der Waals surface area (Å²) in [6, 6.07) is 9.61. The molecular weight excluding hydrogens is 160 g/mol. The minimum atomic E-state index is -0.478. The highest BCUT2D eigenvalue weighted by atomic mass is 16.3. The number of hydrogen-bond acceptors (Lipinski definition) is 1. The second-order valence-electron chi connectivity index (χ2n) is 3.04. The Labute approximate surface area is 79.4 Å². The second kappa shape index (κ2) is 4.69. The van der Waals surface area contributed by atoms with Crippen LogP contribution in [0, 0.1) is 17.8 Å². The van der Waals surface area contributed by atoms with Gasteiger partial charge in [0.1, 0.15) is 0 Å². The van der Waals surface area contributed by atoms with Crippen LogP contribution in [0.25, 0.3) is 0 Å². The molecule has 1 aromatic carbocycles. The molecule has 0 saturated heterocycles. The van der Waals surface area contributed by atoms with E-state index >= 15 is 0 Å². The molecule has 0 aliphatic rings. The van der Waals surface area contributed by atoms with E-state index < -0.39 is 6.10 Å². The molecular formula is C12H14O. The van der Waals surface area contributed by atoms with Crippen LogP contribution in [0.3, 0.4) is 0 Å². The maximum absolute atomic E-state index is 9.82. The van der Waals surface area contributed by atoms with Gasteiger partial charge >= 0.3 is 0 Å². The first kappa shape index (κ1) is 9.83. The Bertz CT molecular complexity index is 305. The first-order valence-corrected chi connectivity index (χ1v) is 4.41. The van der Waals surface area contributed by atoms with Gasteiger partial charge in [-0.3, -0.25) is 0 Å². The van der Waals surface area contributed by atoms with Gasteiger partial charge in [0.05, 0.1) is 6.10 Å². The highest BCUT2D eigenvalue weighted by molar-refractivity contribution is 5.20. The van der Waals surface area contributed by atoms with Crippen molar-refractivity contribution in [3.05, 3.63) is 35.9 Å². The largest absolute Gasteiger partial charge is 0.387 e. The summed E-state index contributed by atoms with van der Waals surface area (Å²) in [4.78, 5) is 0. The molecule has 1 N–H and O–H groups in total. The zero-order chi connectivity index (χ0) is 9.68. The van der Waals surface area contributed by atoms with Crippen LogP contribution in [0.5, 0.6) is 0 Å². The number of rotatable bonds is 2. The van der Waals surface area contributed by atoms with Crippen molar-refractivity contribution < 1.29 is 5.11 Å². The van der Waals surface area contributed by atoms with Crippen LogP contribution in [-0.2, 0) is 0 Å². The molecule has 0 bridgehead atoms. The topological polar surface area (TPSA) is 20.2 Å². The first-order valence-electron chi connectivity index (χ1n) is 4.41. The van der Waals surface area contributed by atoms with Gasteiger partial charge in [0.2, 0.25) is 0 Å². The number of benzene rings is 1. The minimum Gasteiger partial charge on any atom is -0.387 e. The van der Waals surface area contributed by atoms with E-state index in [2.05, 4.69) is 11.8 Å². The van der Waals surface area contributed by atoms with E-state index in [0.717, 1.165) is 5.56 Å². The molecule has 1 nitrogen and oxygen atoms in total. The molecule has 1 heteroatoms. The summed E-state index contributed by atoms with van der Waals surface area (Å²) in [7, 11) is 0. The van der Waals surface area contributed by atoms with Crippen LogP contribution in [0.15, 0.2) is 30.3 Å². The molecule has 0 amide bonds. The van der Waals surface area contributed by atoms with Crippen molar-refractivity contribution in [3.8, 4) is 11.8 Å². The summed E-state index contributed by atoms with van der Waals surface area (Å²) in [6.07, 6.45) is -0.478. The Morgan fingerprint density at radius 3 is 2.38 bits per heavy atom. The average Bonchev–Trinajstić information content (AvgIpc) is 2.18. The lowest BCUT2D eigenvalue weighted by atomic mass is 9.98. The van der Waals surface area contributed by atoms with Gasteiger partial charge < -0.3 is 5.11 Å². The fourth-order valence-corrected chi connectivity index (χ4v) is 1.25. The summed E-state index contributed by atoms with van der Waals surface area (Å²) in [5, 5.41) is 9.82. The van der Waals surface area contributed by atoms with Crippen LogP contribution >= 0.6 is 0 Å². The van der Waals surface area contributed by atoms with Gasteiger partial charge in [-0.15, -0.1) is 5.92 Å². The van der Waals surface area contributed by atoms with E-state index in [1.54, 1.807) is 6.92 Å². The molecule has 0 radical (unpaired) electrons. The Morgan fingerprint density at radius 1 is 1.23 bits per heavy atom. The van der Waals surface area contributed by atoms with Crippen LogP contribution in [0.4, 0.5) is 0 Å². The van der Waals surface area contributed by atoms with Crippen LogP contribution in [0.1, 0.15) is 25.5 Å². The van der Waals surface area contributed by atoms with Gasteiger partial charge in [-0.05, 0) is 19.4 Å². The summed E-state index contributed by atoms with van der Waals surface area (Å²) in [6.45, 7) is 3.71. The van der Waals surface area contributed by atoms with Gasteiger partial charge in [0, 0.05) is 5.92 Å². The van der Waals surface area contributed by atoms with E-state index in [4.69, 9.17) is 0 Å². The maximum atomic E-state index is 9.82. The summed E-state index contributed by atoms with van der Waals surface area (Å²) in [5.41, 5.74) is 0.928. The average molecular weight is 174 g/mol. The molecule has 0 saturated carbocycles. The first-order chi connectivity index (χ1) is 6.25. The van der Waals surface area contributed by atoms with Crippen molar-refractivity contribution in [2.45, 2.75) is 20.0 Å². The quantitative estimate of drug-likeness (QED) is 0.682. The van der Waals surface area contributed by atoms with Gasteiger partial charge in [-0.2, -0.15) is 0 Å². The molecule has 1 aromatic rings. The van der Waals surface area contributed by atoms with Crippen molar-refractivity contribution in [1.29, 1.82) is 0 Å². The highest BCUT2D eigenvalue weighted by Gasteiger charge is 2.12. The van der Waals surface area contributed by atoms with Gasteiger partial charge in [-0.25, -0.2) is 0 Å². The van der Waals surface area contributed by atoms with Gasteiger partial charge in [-0.1, -0.05) is 36.3 Å². The Hall–Kier alpha value is -1.26. The van der Waals surface area contributed by atoms with E-state index in [9.17, 15) is 5.11 Å². The van der Waals surface area contributed by atoms with Crippen molar-refractivity contribution in [1.82, 2.24) is 0 Å². The Balaban J connectivity index is 2.77. The molecule has 1 rings (SSSR count). The molecule has 0 aromatic heterocycles. The van der Waals surface area contributed by atoms with E-state index in [-0.39, 0.29) is 5.92 Å². The standard InChI is InChI=1S/C12H14O/c1-3-7-10(2)12(13)11-8-5-4-6-9-11/h4-6,8-10,12-13H,1-2H3/t10-,12-/m1/s1. The summed E-state index contributed by atoms with van der Waals surface area (Å²) >= 11 is 0. The van der Waals surface area contributed by atoms with Crippen LogP contribution in [0.2, 0.25) is 0 Å². The Morgan fingerprint density at radius 2 is 1.85 bits per heavy atom. The molecule has 0 heterocycles. The van der Waals surface area contributed by atoms with Crippen LogP contribution < -0.4 is 0 Å². The molecule has 68 valence electrons. The lowest BCUT2D eigenvalue weighted by Crippen LogP contribution is -2.06. The molecule has 2 atom stereocenters. The molecule has 0 aliphatic heterocycles. The summed E-state index contributed by atoms with van der Waals surface area (Å²) in [5.74, 6) is 5.74. The predicted octanol–water partition coefficient (Wildman–Crippen LogP) is 2.38.